The Morgan fingerprint density at radius 1 is 0.517 bits per heavy atom. The van der Waals surface area contributed by atoms with Gasteiger partial charge >= 0.3 is 5.71 Å². The second-order valence-electron chi connectivity index (χ2n) is 3.32. The highest BCUT2D eigenvalue weighted by molar-refractivity contribution is 4.10. The van der Waals surface area contributed by atoms with Crippen molar-refractivity contribution >= 4 is 0 Å². The zero-order valence-corrected chi connectivity index (χ0v) is 18.1. The summed E-state index contributed by atoms with van der Waals surface area (Å²) in [7, 11) is 8.35. The van der Waals surface area contributed by atoms with Crippen LogP contribution in [-0.2, 0) is 47.4 Å². The molecule has 15 heteroatoms. The normalized spacial score (nSPS) is 13.2. The Bertz CT molecular complexity index is 154. The molecule has 0 aromatic carbocycles. The van der Waals surface area contributed by atoms with E-state index < -0.39 is 0 Å². The summed E-state index contributed by atoms with van der Waals surface area (Å²) in [5.74, 6) is 0. The van der Waals surface area contributed by atoms with Crippen LogP contribution in [0.1, 0.15) is 11.4 Å². The van der Waals surface area contributed by atoms with Crippen LogP contribution in [0.2, 0.25) is 0 Å². The van der Waals surface area contributed by atoms with Crippen LogP contribution in [0, 0.1) is 0 Å². The van der Waals surface area contributed by atoms with Crippen molar-refractivity contribution in [2.24, 2.45) is 0 Å². The molecule has 0 bridgehead atoms. The third kappa shape index (κ3) is 74.5. The quantitative estimate of drug-likeness (QED) is 0.451. The van der Waals surface area contributed by atoms with E-state index in [0.29, 0.717) is 54.3 Å². The second-order valence-corrected chi connectivity index (χ2v) is 3.32. The molecule has 0 saturated carbocycles. The molecule has 0 aromatic heterocycles. The molecule has 2 fully saturated rings. The SMILES string of the molecule is C1OCOCO1.C1OCOCO1.CO.CO.COCOC.COCOC.O.O.O.[2HH].[2HH].[2HH].[2HH].[H+].[H+].[H+].[H+]. The molecule has 0 spiro atoms. The Morgan fingerprint density at radius 2 is 0.655 bits per heavy atom. The van der Waals surface area contributed by atoms with Crippen LogP contribution < -0.4 is 0 Å². The van der Waals surface area contributed by atoms with Crippen LogP contribution in [0.4, 0.5) is 0 Å². The lowest BCUT2D eigenvalue weighted by Crippen LogP contribution is -2.14. The predicted octanol–water partition coefficient (Wildman–Crippen LogP) is -1.51. The molecule has 0 aromatic rings. The molecule has 0 aliphatic carbocycles. The first-order valence-corrected chi connectivity index (χ1v) is 7.15. The molecule has 0 unspecified atom stereocenters. The average molecular weight is 467 g/mol. The number of rotatable bonds is 4. The van der Waals surface area contributed by atoms with Crippen LogP contribution in [0.3, 0.4) is 0 Å². The highest BCUT2D eigenvalue weighted by atomic mass is 16.8. The van der Waals surface area contributed by atoms with Crippen molar-refractivity contribution in [3.8, 4) is 0 Å². The van der Waals surface area contributed by atoms with Crippen molar-refractivity contribution in [2.45, 2.75) is 0 Å². The number of aliphatic hydroxyl groups is 2. The average Bonchev–Trinajstić information content (AvgIpc) is 2.76. The molecule has 8 N–H and O–H groups in total. The summed E-state index contributed by atoms with van der Waals surface area (Å²) in [6, 6.07) is 0. The molecule has 0 radical (unpaired) electrons. The van der Waals surface area contributed by atoms with Gasteiger partial charge in [-0.05, 0) is 0 Å². The van der Waals surface area contributed by atoms with Gasteiger partial charge in [-0.3, -0.25) is 0 Å². The van der Waals surface area contributed by atoms with Crippen molar-refractivity contribution in [2.75, 3.05) is 97.0 Å². The van der Waals surface area contributed by atoms with Gasteiger partial charge in [-0.15, -0.1) is 0 Å². The van der Waals surface area contributed by atoms with Gasteiger partial charge in [-0.2, -0.15) is 0 Å². The monoisotopic (exact) mass is 466 g/mol. The first-order chi connectivity index (χ1) is 12.8. The van der Waals surface area contributed by atoms with E-state index in [1.54, 1.807) is 28.4 Å². The van der Waals surface area contributed by atoms with E-state index in [0.717, 1.165) is 14.2 Å². The van der Waals surface area contributed by atoms with Crippen LogP contribution in [0.5, 0.6) is 0 Å². The first kappa shape index (κ1) is 46.6. The van der Waals surface area contributed by atoms with Crippen molar-refractivity contribution in [3.05, 3.63) is 0 Å². The summed E-state index contributed by atoms with van der Waals surface area (Å²) in [6.07, 6.45) is 0. The highest BCUT2D eigenvalue weighted by Gasteiger charge is 1.94. The van der Waals surface area contributed by atoms with Crippen molar-refractivity contribution < 1.29 is 85.4 Å². The minimum absolute atomic E-state index is 0. The molecule has 2 saturated heterocycles. The van der Waals surface area contributed by atoms with E-state index in [1.807, 2.05) is 0 Å². The van der Waals surface area contributed by atoms with Gasteiger partial charge in [0, 0.05) is 48.4 Å². The fourth-order valence-electron chi connectivity index (χ4n) is 0.793. The topological polar surface area (TPSA) is 227 Å². The maximum Gasteiger partial charge on any atom is 1.00 e. The fraction of sp³-hybridized carbons (Fsp3) is 1.00. The molecular weight excluding hydrogens is 408 g/mol. The van der Waals surface area contributed by atoms with Gasteiger partial charge < -0.3 is 74.0 Å². The molecule has 2 aliphatic heterocycles. The summed E-state index contributed by atoms with van der Waals surface area (Å²) in [5, 5.41) is 14.0. The Balaban J connectivity index is -0.0000000117. The molecule has 2 aliphatic rings. The molecular formula is C14H54O15+4. The number of ether oxygens (including phenoxy) is 10. The lowest BCUT2D eigenvalue weighted by Gasteiger charge is -2.10. The zero-order chi connectivity index (χ0) is 20.7. The van der Waals surface area contributed by atoms with Crippen LogP contribution in [-0.4, -0.2) is 124 Å². The van der Waals surface area contributed by atoms with E-state index in [4.69, 9.17) is 10.2 Å². The fourth-order valence-corrected chi connectivity index (χ4v) is 0.793. The third-order valence-corrected chi connectivity index (χ3v) is 1.47. The number of hydrogen-bond acceptors (Lipinski definition) is 12. The zero-order valence-electron chi connectivity index (χ0n) is 22.1. The van der Waals surface area contributed by atoms with E-state index >= 15 is 0 Å². The molecule has 0 amide bonds. The van der Waals surface area contributed by atoms with Gasteiger partial charge in [0.05, 0.1) is 0 Å². The van der Waals surface area contributed by atoms with Gasteiger partial charge in [0.2, 0.25) is 0 Å². The third-order valence-electron chi connectivity index (χ3n) is 1.47. The Kier molecular flexibility index (Phi) is 101. The highest BCUT2D eigenvalue weighted by Crippen LogP contribution is 1.87. The van der Waals surface area contributed by atoms with E-state index in [2.05, 4.69) is 47.4 Å². The largest absolute Gasteiger partial charge is 1.00 e. The Hall–Kier alpha value is -0.600. The molecule has 29 heavy (non-hydrogen) atoms. The second kappa shape index (κ2) is 63.1. The van der Waals surface area contributed by atoms with Crippen LogP contribution >= 0.6 is 0 Å². The lowest BCUT2D eigenvalue weighted by molar-refractivity contribution is -0.247. The maximum atomic E-state index is 7.00. The lowest BCUT2D eigenvalue weighted by atomic mass is 11.2. The number of methoxy groups -OCH3 is 4. The van der Waals surface area contributed by atoms with Crippen molar-refractivity contribution in [1.82, 2.24) is 0 Å². The molecule has 0 atom stereocenters. The number of hydrogen-bond donors (Lipinski definition) is 2. The molecule has 15 nitrogen and oxygen atoms in total. The predicted molar refractivity (Wildman–Crippen MR) is 114 cm³/mol. The summed E-state index contributed by atoms with van der Waals surface area (Å²) in [5.41, 5.74) is 0. The molecule has 2 heterocycles. The summed E-state index contributed by atoms with van der Waals surface area (Å²) >= 11 is 0. The van der Waals surface area contributed by atoms with Crippen LogP contribution in [0.15, 0.2) is 0 Å². The van der Waals surface area contributed by atoms with Crippen molar-refractivity contribution in [1.29, 1.82) is 0 Å². The van der Waals surface area contributed by atoms with E-state index in [9.17, 15) is 0 Å². The molecule has 2 rings (SSSR count). The summed E-state index contributed by atoms with van der Waals surface area (Å²) in [6.45, 7) is 3.03. The van der Waals surface area contributed by atoms with Gasteiger partial charge in [-0.1, -0.05) is 0 Å². The Labute approximate surface area is 184 Å². The van der Waals surface area contributed by atoms with Crippen LogP contribution in [0.25, 0.3) is 0 Å². The minimum atomic E-state index is 0. The molecule has 196 valence electrons. The van der Waals surface area contributed by atoms with Gasteiger partial charge in [-0.25, -0.2) is 0 Å². The summed E-state index contributed by atoms with van der Waals surface area (Å²) in [4.78, 5) is 0. The number of aliphatic hydroxyl groups excluding tert-OH is 2. The summed E-state index contributed by atoms with van der Waals surface area (Å²) < 4.78 is 45.6. The first-order valence-electron chi connectivity index (χ1n) is 7.15. The maximum absolute atomic E-state index is 7.00. The van der Waals surface area contributed by atoms with Crippen molar-refractivity contribution in [3.63, 3.8) is 0 Å². The standard InChI is InChI=1S/2C3H6O3.2C3H8O2.2CH4O.3H2O.4H2/c2*1-4-2-6-3-5-1;2*1-4-3-5-2;2*1-2;;;;;;;/h2*1-3H2;2*3H2,1-2H3;2*2H,1H3;3*1H2;4*1H/p+4/i;;;;;;;;;4*1+1. The van der Waals surface area contributed by atoms with E-state index in [-0.39, 0.29) is 27.8 Å². The van der Waals surface area contributed by atoms with E-state index in [1.165, 1.54) is 0 Å². The minimum Gasteiger partial charge on any atom is -0.412 e. The smallest absolute Gasteiger partial charge is 0.412 e. The van der Waals surface area contributed by atoms with Gasteiger partial charge in [0.1, 0.15) is 13.6 Å². The Morgan fingerprint density at radius 3 is 0.690 bits per heavy atom. The van der Waals surface area contributed by atoms with Gasteiger partial charge in [0.15, 0.2) is 40.8 Å². The van der Waals surface area contributed by atoms with Gasteiger partial charge in [0.25, 0.3) is 0 Å².